The minimum absolute atomic E-state index is 0.0755. The molecule has 0 spiro atoms. The molecule has 1 aliphatic carbocycles. The van der Waals surface area contributed by atoms with E-state index in [-0.39, 0.29) is 17.1 Å². The number of aryl methyl sites for hydroxylation is 1. The number of halogens is 1. The maximum atomic E-state index is 11.8. The van der Waals surface area contributed by atoms with E-state index >= 15 is 0 Å². The number of nitrogens with zero attached hydrogens (tertiary/aromatic N) is 4. The first kappa shape index (κ1) is 18.1. The van der Waals surface area contributed by atoms with Crippen molar-refractivity contribution in [3.8, 4) is 5.95 Å². The number of amides is 1. The fraction of sp³-hybridized carbons (Fsp3) is 0.235. The number of hydrogen-bond donors (Lipinski definition) is 2. The summed E-state index contributed by atoms with van der Waals surface area (Å²) in [5.74, 6) is 0.573. The lowest BCUT2D eigenvalue weighted by molar-refractivity contribution is -0.117. The Morgan fingerprint density at radius 3 is 2.67 bits per heavy atom. The van der Waals surface area contributed by atoms with E-state index in [9.17, 15) is 4.79 Å². The van der Waals surface area contributed by atoms with Crippen LogP contribution in [-0.4, -0.2) is 25.4 Å². The van der Waals surface area contributed by atoms with E-state index in [1.54, 1.807) is 10.8 Å². The summed E-state index contributed by atoms with van der Waals surface area (Å²) in [7, 11) is 0. The van der Waals surface area contributed by atoms with Crippen molar-refractivity contribution in [3.05, 3.63) is 45.4 Å². The average Bonchev–Trinajstić information content (AvgIpc) is 3.41. The molecule has 0 saturated heterocycles. The lowest BCUT2D eigenvalue weighted by atomic mass is 10.3. The van der Waals surface area contributed by atoms with Crippen molar-refractivity contribution in [2.24, 2.45) is 5.92 Å². The summed E-state index contributed by atoms with van der Waals surface area (Å²) >= 11 is 8.73. The van der Waals surface area contributed by atoms with Gasteiger partial charge in [0.15, 0.2) is 9.96 Å². The number of nitrogens with one attached hydrogen (secondary N) is 2. The molecule has 0 bridgehead atoms. The van der Waals surface area contributed by atoms with Gasteiger partial charge in [0.1, 0.15) is 0 Å². The maximum absolute atomic E-state index is 11.8. The molecule has 1 saturated carbocycles. The van der Waals surface area contributed by atoms with Crippen molar-refractivity contribution in [2.45, 2.75) is 29.8 Å². The molecule has 0 radical (unpaired) electrons. The molecule has 1 fully saturated rings. The molecule has 0 unspecified atom stereocenters. The largest absolute Gasteiger partial charge is 0.326 e. The van der Waals surface area contributed by atoms with Crippen LogP contribution in [0.5, 0.6) is 0 Å². The highest BCUT2D eigenvalue weighted by Crippen LogP contribution is 2.31. The minimum atomic E-state index is 0.0755. The molecule has 3 aromatic rings. The van der Waals surface area contributed by atoms with Crippen LogP contribution in [0, 0.1) is 18.3 Å². The van der Waals surface area contributed by atoms with Crippen molar-refractivity contribution in [1.29, 1.82) is 5.41 Å². The third kappa shape index (κ3) is 4.37. The van der Waals surface area contributed by atoms with Crippen LogP contribution >= 0.6 is 34.7 Å². The van der Waals surface area contributed by atoms with Gasteiger partial charge in [0.05, 0.1) is 0 Å². The zero-order valence-corrected chi connectivity index (χ0v) is 16.7. The first-order valence-electron chi connectivity index (χ1n) is 8.22. The molecular formula is C17H15ClN6OS2. The summed E-state index contributed by atoms with van der Waals surface area (Å²) in [4.78, 5) is 26.7. The van der Waals surface area contributed by atoms with Gasteiger partial charge >= 0.3 is 0 Å². The van der Waals surface area contributed by atoms with E-state index in [4.69, 9.17) is 17.0 Å². The number of carbonyl (C=O) groups excluding carboxylic acids is 1. The molecule has 10 heteroatoms. The van der Waals surface area contributed by atoms with E-state index in [2.05, 4.69) is 20.3 Å². The second-order valence-electron chi connectivity index (χ2n) is 6.09. The second kappa shape index (κ2) is 7.41. The van der Waals surface area contributed by atoms with E-state index in [1.807, 2.05) is 31.2 Å². The van der Waals surface area contributed by atoms with E-state index < -0.39 is 0 Å². The smallest absolute Gasteiger partial charge is 0.241 e. The molecule has 27 heavy (non-hydrogen) atoms. The maximum Gasteiger partial charge on any atom is 0.241 e. The molecule has 1 amide bonds. The van der Waals surface area contributed by atoms with Crippen molar-refractivity contribution in [2.75, 3.05) is 5.32 Å². The van der Waals surface area contributed by atoms with Gasteiger partial charge in [-0.15, -0.1) is 11.3 Å². The van der Waals surface area contributed by atoms with E-state index in [0.29, 0.717) is 15.9 Å². The highest BCUT2D eigenvalue weighted by molar-refractivity contribution is 7.99. The van der Waals surface area contributed by atoms with Gasteiger partial charge in [-0.25, -0.2) is 0 Å². The summed E-state index contributed by atoms with van der Waals surface area (Å²) in [5.41, 5.74) is 0.772. The summed E-state index contributed by atoms with van der Waals surface area (Å²) < 4.78 is 1.58. The van der Waals surface area contributed by atoms with E-state index in [1.165, 1.54) is 23.1 Å². The van der Waals surface area contributed by atoms with E-state index in [0.717, 1.165) is 28.3 Å². The van der Waals surface area contributed by atoms with Crippen molar-refractivity contribution < 1.29 is 4.79 Å². The van der Waals surface area contributed by atoms with Crippen LogP contribution in [0.4, 0.5) is 5.69 Å². The Bertz CT molecular complexity index is 1060. The molecule has 4 rings (SSSR count). The van der Waals surface area contributed by atoms with Crippen molar-refractivity contribution in [1.82, 2.24) is 19.5 Å². The molecule has 138 valence electrons. The van der Waals surface area contributed by atoms with Gasteiger partial charge in [-0.1, -0.05) is 0 Å². The van der Waals surface area contributed by atoms with Crippen LogP contribution in [0.3, 0.4) is 0 Å². The second-order valence-corrected chi connectivity index (χ2v) is 8.71. The fourth-order valence-electron chi connectivity index (χ4n) is 2.39. The number of aromatic nitrogens is 4. The van der Waals surface area contributed by atoms with Gasteiger partial charge in [0, 0.05) is 27.6 Å². The Morgan fingerprint density at radius 1 is 1.30 bits per heavy atom. The van der Waals surface area contributed by atoms with Crippen LogP contribution in [0.1, 0.15) is 17.7 Å². The van der Waals surface area contributed by atoms with Gasteiger partial charge in [-0.2, -0.15) is 15.0 Å². The molecule has 2 heterocycles. The Hall–Kier alpha value is -2.23. The SMILES string of the molecule is Cc1cn(-c2nc(Cl)nc(Sc3ccc(NC(=O)C4CC4)cc3)n2)c(=N)s1. The first-order valence-corrected chi connectivity index (χ1v) is 10.2. The standard InChI is InChI=1S/C17H15ClN6OS2/c1-9-8-24(15(19)26-9)16-21-14(18)22-17(23-16)27-12-6-4-11(5-7-12)20-13(25)10-2-3-10/h4-8,10,19H,2-3H2,1H3,(H,20,25). The van der Waals surface area contributed by atoms with Gasteiger partial charge in [-0.3, -0.25) is 14.8 Å². The molecule has 2 aromatic heterocycles. The Labute approximate surface area is 168 Å². The van der Waals surface area contributed by atoms with Crippen LogP contribution in [0.25, 0.3) is 5.95 Å². The van der Waals surface area contributed by atoms with Gasteiger partial charge in [0.2, 0.25) is 17.1 Å². The molecule has 1 aliphatic rings. The zero-order chi connectivity index (χ0) is 19.0. The minimum Gasteiger partial charge on any atom is -0.326 e. The van der Waals surface area contributed by atoms with Crippen LogP contribution < -0.4 is 10.1 Å². The number of rotatable bonds is 5. The van der Waals surface area contributed by atoms with Crippen molar-refractivity contribution in [3.63, 3.8) is 0 Å². The van der Waals surface area contributed by atoms with Crippen LogP contribution in [-0.2, 0) is 4.79 Å². The number of anilines is 1. The lowest BCUT2D eigenvalue weighted by Crippen LogP contribution is -2.14. The van der Waals surface area contributed by atoms with Crippen molar-refractivity contribution >= 4 is 46.3 Å². The Kier molecular flexibility index (Phi) is 4.98. The summed E-state index contributed by atoms with van der Waals surface area (Å²) in [6.45, 7) is 1.92. The van der Waals surface area contributed by atoms with Gasteiger partial charge < -0.3 is 5.32 Å². The number of carbonyl (C=O) groups is 1. The predicted octanol–water partition coefficient (Wildman–Crippen LogP) is 3.66. The molecular weight excluding hydrogens is 404 g/mol. The summed E-state index contributed by atoms with van der Waals surface area (Å²) in [5, 5.41) is 11.4. The quantitative estimate of drug-likeness (QED) is 0.659. The molecule has 2 N–H and O–H groups in total. The van der Waals surface area contributed by atoms with Gasteiger partial charge in [0.25, 0.3) is 0 Å². The molecule has 0 aliphatic heterocycles. The number of hydrogen-bond acceptors (Lipinski definition) is 7. The number of thiazole rings is 1. The fourth-order valence-corrected chi connectivity index (χ4v) is 4.04. The highest BCUT2D eigenvalue weighted by Gasteiger charge is 2.29. The molecule has 7 nitrogen and oxygen atoms in total. The molecule has 1 aromatic carbocycles. The summed E-state index contributed by atoms with van der Waals surface area (Å²) in [6.07, 6.45) is 3.75. The van der Waals surface area contributed by atoms with Gasteiger partial charge in [-0.05, 0) is 67.4 Å². The zero-order valence-electron chi connectivity index (χ0n) is 14.3. The Balaban J connectivity index is 1.53. The first-order chi connectivity index (χ1) is 13.0. The average molecular weight is 419 g/mol. The Morgan fingerprint density at radius 2 is 2.04 bits per heavy atom. The van der Waals surface area contributed by atoms with Crippen LogP contribution in [0.2, 0.25) is 5.28 Å². The highest BCUT2D eigenvalue weighted by atomic mass is 35.5. The summed E-state index contributed by atoms with van der Waals surface area (Å²) in [6, 6.07) is 7.49. The third-order valence-electron chi connectivity index (χ3n) is 3.86. The third-order valence-corrected chi connectivity index (χ3v) is 5.72. The lowest BCUT2D eigenvalue weighted by Gasteiger charge is -2.06. The molecule has 0 atom stereocenters. The van der Waals surface area contributed by atoms with Crippen LogP contribution in [0.15, 0.2) is 40.5 Å². The normalized spacial score (nSPS) is 13.6. The topological polar surface area (TPSA) is 96.6 Å². The monoisotopic (exact) mass is 418 g/mol. The number of benzene rings is 1. The predicted molar refractivity (Wildman–Crippen MR) is 105 cm³/mol.